The Kier molecular flexibility index (Phi) is 14.1. The molecule has 2 saturated carbocycles. The van der Waals surface area contributed by atoms with E-state index in [0.29, 0.717) is 62.6 Å². The number of fused-ring (bicyclic) bond motifs is 6. The zero-order chi connectivity index (χ0) is 50.5. The van der Waals surface area contributed by atoms with Gasteiger partial charge in [0.25, 0.3) is 5.91 Å². The Labute approximate surface area is 415 Å². The fourth-order valence-electron chi connectivity index (χ4n) is 11.3. The maximum atomic E-state index is 14.9. The fourth-order valence-corrected chi connectivity index (χ4v) is 11.3. The summed E-state index contributed by atoms with van der Waals surface area (Å²) in [4.78, 5) is 78.5. The molecule has 6 bridgehead atoms. The molecule has 4 N–H and O–H groups in total. The monoisotopic (exact) mass is 977 g/mol. The molecule has 2 aliphatic carbocycles. The Morgan fingerprint density at radius 2 is 1.80 bits per heavy atom. The van der Waals surface area contributed by atoms with Crippen molar-refractivity contribution in [1.82, 2.24) is 40.4 Å². The quantitative estimate of drug-likeness (QED) is 0.0994. The number of nitrogens with zero attached hydrogens (tertiary/aromatic N) is 5. The topological polar surface area (TPSA) is 198 Å². The zero-order valence-electron chi connectivity index (χ0n) is 42.1. The van der Waals surface area contributed by atoms with Crippen molar-refractivity contribution in [1.29, 1.82) is 0 Å². The normalized spacial score (nSPS) is 23.9. The number of rotatable bonds is 12. The van der Waals surface area contributed by atoms with Crippen LogP contribution in [0.2, 0.25) is 0 Å². The van der Waals surface area contributed by atoms with Gasteiger partial charge < -0.3 is 34.3 Å². The van der Waals surface area contributed by atoms with Gasteiger partial charge in [0, 0.05) is 68.8 Å². The van der Waals surface area contributed by atoms with Crippen molar-refractivity contribution in [3.8, 4) is 28.1 Å². The second kappa shape index (κ2) is 19.9. The van der Waals surface area contributed by atoms with Crippen molar-refractivity contribution in [3.63, 3.8) is 0 Å². The number of carbonyl (C=O) groups excluding carboxylic acids is 5. The highest BCUT2D eigenvalue weighted by Crippen LogP contribution is 2.48. The third-order valence-electron chi connectivity index (χ3n) is 15.5. The van der Waals surface area contributed by atoms with Crippen molar-refractivity contribution in [2.45, 2.75) is 140 Å². The van der Waals surface area contributed by atoms with Gasteiger partial charge in [0.05, 0.1) is 36.7 Å². The summed E-state index contributed by atoms with van der Waals surface area (Å²) in [6, 6.07) is 11.2. The highest BCUT2D eigenvalue weighted by molar-refractivity contribution is 5.96. The minimum Gasteiger partial charge on any atom is -0.508 e. The van der Waals surface area contributed by atoms with Crippen LogP contribution in [0.25, 0.3) is 33.3 Å². The fraction of sp³-hybridized carbons (Fsp3) is 0.556. The van der Waals surface area contributed by atoms with Crippen LogP contribution in [0.4, 0.5) is 4.39 Å². The minimum atomic E-state index is -1.38. The van der Waals surface area contributed by atoms with Gasteiger partial charge >= 0.3 is 5.97 Å². The predicted octanol–water partition coefficient (Wildman–Crippen LogP) is 5.77. The molecule has 71 heavy (non-hydrogen) atoms. The highest BCUT2D eigenvalue weighted by atomic mass is 19.1. The van der Waals surface area contributed by atoms with E-state index in [-0.39, 0.29) is 49.8 Å². The van der Waals surface area contributed by atoms with Gasteiger partial charge in [0.15, 0.2) is 0 Å². The van der Waals surface area contributed by atoms with E-state index >= 15 is 0 Å². The summed E-state index contributed by atoms with van der Waals surface area (Å²) in [7, 11) is 4.72. The molecule has 5 aliphatic rings. The second-order valence-corrected chi connectivity index (χ2v) is 21.4. The van der Waals surface area contributed by atoms with Gasteiger partial charge in [-0.15, -0.1) is 0 Å². The average Bonchev–Trinajstić information content (AvgIpc) is 4.24. The molecule has 4 aromatic rings. The standard InChI is InChI=1S/C54H69FN8O8/c1-8-62-42-18-17-34-27-38(42)39(47(62)37-15-11-21-56-44(37)31(2)70-7)28-53(3,4)30-71-52(69)40-16-12-22-63(59-40)50(67)41(25-32-23-35(34)26-36(64)24-32)57-49(66)46(33-13-9-10-14-33)61(6)43(65)29-60(5)51(68)45-48(58-45)54(55)19-20-54/h11,15,17-18,21,23-24,26-27,31,33,40-41,45-46,48,58-59,64H,8-10,12-14,16,19-20,22,25,28-30H2,1-7H3,(H,57,66)/t31-,40-,41-,45+,46?,48-/m0/s1. The molecule has 17 heteroatoms. The number of aromatic hydroxyl groups is 1. The first-order chi connectivity index (χ1) is 33.9. The summed E-state index contributed by atoms with van der Waals surface area (Å²) < 4.78 is 29.0. The lowest BCUT2D eigenvalue weighted by Crippen LogP contribution is -2.62. The maximum Gasteiger partial charge on any atom is 0.324 e. The number of aromatic nitrogens is 2. The van der Waals surface area contributed by atoms with E-state index in [1.807, 2.05) is 25.1 Å². The number of phenolic OH excluding ortho intramolecular Hbond substituents is 1. The SMILES string of the molecule is CCn1c(-c2cccnc2[C@H](C)OC)c2c3cc(ccc31)-c1cc(O)cc(c1)C[C@H](NC(=O)C(C1CCCC1)N(C)C(=O)CN(C)C(=O)[C@@H]1N[C@@H]1C1(F)CC1)C(=O)N1CCC[C@H](N1)C(=O)OCC(C)(C)C2. The molecule has 380 valence electrons. The first kappa shape index (κ1) is 50.0. The van der Waals surface area contributed by atoms with Crippen LogP contribution < -0.4 is 16.1 Å². The number of hydrogen-bond donors (Lipinski definition) is 4. The van der Waals surface area contributed by atoms with Crippen LogP contribution in [0.3, 0.4) is 0 Å². The van der Waals surface area contributed by atoms with E-state index in [4.69, 9.17) is 14.5 Å². The molecule has 4 amide bonds. The third kappa shape index (κ3) is 10.3. The molecule has 16 nitrogen and oxygen atoms in total. The predicted molar refractivity (Wildman–Crippen MR) is 265 cm³/mol. The molecule has 5 heterocycles. The van der Waals surface area contributed by atoms with Crippen LogP contribution in [0.15, 0.2) is 54.7 Å². The Morgan fingerprint density at radius 1 is 1.04 bits per heavy atom. The Morgan fingerprint density at radius 3 is 2.52 bits per heavy atom. The number of hydrogen-bond acceptors (Lipinski definition) is 11. The molecule has 2 saturated heterocycles. The molecule has 3 aliphatic heterocycles. The first-order valence-electron chi connectivity index (χ1n) is 25.4. The summed E-state index contributed by atoms with van der Waals surface area (Å²) in [6.45, 7) is 8.92. The van der Waals surface area contributed by atoms with Gasteiger partial charge in [-0.2, -0.15) is 0 Å². The molecule has 2 aromatic carbocycles. The molecule has 6 atom stereocenters. The van der Waals surface area contributed by atoms with Crippen LogP contribution in [-0.2, 0) is 52.8 Å². The minimum absolute atomic E-state index is 0.0236. The number of ether oxygens (including phenoxy) is 2. The van der Waals surface area contributed by atoms with Crippen molar-refractivity contribution < 1.29 is 42.9 Å². The number of halogens is 1. The number of amides is 4. The number of aryl methyl sites for hydroxylation is 1. The van der Waals surface area contributed by atoms with Gasteiger partial charge in [-0.25, -0.2) is 9.82 Å². The Bertz CT molecular complexity index is 2710. The van der Waals surface area contributed by atoms with Crippen molar-refractivity contribution >= 4 is 40.5 Å². The van der Waals surface area contributed by atoms with Crippen LogP contribution in [0.5, 0.6) is 5.75 Å². The number of pyridine rings is 1. The summed E-state index contributed by atoms with van der Waals surface area (Å²) in [5, 5.41) is 19.8. The van der Waals surface area contributed by atoms with Crippen molar-refractivity contribution in [3.05, 3.63) is 71.5 Å². The summed E-state index contributed by atoms with van der Waals surface area (Å²) >= 11 is 0. The van der Waals surface area contributed by atoms with E-state index < -0.39 is 65.0 Å². The van der Waals surface area contributed by atoms with Crippen LogP contribution in [0, 0.1) is 11.3 Å². The molecule has 0 spiro atoms. The zero-order valence-corrected chi connectivity index (χ0v) is 42.1. The summed E-state index contributed by atoms with van der Waals surface area (Å²) in [5.74, 6) is -2.59. The number of esters is 1. The van der Waals surface area contributed by atoms with E-state index in [1.54, 1.807) is 32.5 Å². The number of nitrogens with one attached hydrogen (secondary N) is 3. The third-order valence-corrected chi connectivity index (χ3v) is 15.5. The Hall–Kier alpha value is -5.91. The first-order valence-corrected chi connectivity index (χ1v) is 25.4. The lowest BCUT2D eigenvalue weighted by molar-refractivity contribution is -0.155. The van der Waals surface area contributed by atoms with Crippen LogP contribution in [0.1, 0.15) is 102 Å². The number of carbonyl (C=O) groups is 5. The van der Waals surface area contributed by atoms with Gasteiger partial charge in [-0.3, -0.25) is 39.3 Å². The van der Waals surface area contributed by atoms with Gasteiger partial charge in [0.2, 0.25) is 17.7 Å². The van der Waals surface area contributed by atoms with E-state index in [1.165, 1.54) is 21.9 Å². The largest absolute Gasteiger partial charge is 0.508 e. The molecule has 2 aromatic heterocycles. The molecule has 4 fully saturated rings. The molecule has 0 radical (unpaired) electrons. The van der Waals surface area contributed by atoms with Gasteiger partial charge in [-0.1, -0.05) is 38.8 Å². The molecule has 1 unspecified atom stereocenters. The highest BCUT2D eigenvalue weighted by Gasteiger charge is 2.63. The van der Waals surface area contributed by atoms with E-state index in [0.717, 1.165) is 51.8 Å². The lowest BCUT2D eigenvalue weighted by atomic mass is 9.84. The van der Waals surface area contributed by atoms with E-state index in [9.17, 15) is 33.5 Å². The number of phenols is 1. The number of cyclic esters (lactones) is 1. The van der Waals surface area contributed by atoms with Gasteiger partial charge in [0.1, 0.15) is 35.6 Å². The second-order valence-electron chi connectivity index (χ2n) is 21.4. The Balaban J connectivity index is 1.07. The smallest absolute Gasteiger partial charge is 0.324 e. The van der Waals surface area contributed by atoms with Gasteiger partial charge in [-0.05, 0) is 123 Å². The molecule has 9 rings (SSSR count). The lowest BCUT2D eigenvalue weighted by Gasteiger charge is -2.37. The summed E-state index contributed by atoms with van der Waals surface area (Å²) in [5.41, 5.74) is 8.08. The molecular weight excluding hydrogens is 908 g/mol. The van der Waals surface area contributed by atoms with Crippen LogP contribution in [-0.4, -0.2) is 136 Å². The number of alkyl halides is 1. The maximum absolute atomic E-state index is 14.9. The van der Waals surface area contributed by atoms with Crippen molar-refractivity contribution in [2.24, 2.45) is 11.3 Å². The number of likely N-dealkylation sites (N-methyl/N-ethyl adjacent to an activating group) is 2. The van der Waals surface area contributed by atoms with Crippen LogP contribution >= 0.6 is 0 Å². The number of benzene rings is 2. The molecular formula is C54H69FN8O8. The summed E-state index contributed by atoms with van der Waals surface area (Å²) in [6.07, 6.45) is 6.81. The number of hydrazine groups is 1. The average molecular weight is 977 g/mol. The van der Waals surface area contributed by atoms with Crippen molar-refractivity contribution in [2.75, 3.05) is 40.9 Å². The number of methoxy groups -OCH3 is 1. The van der Waals surface area contributed by atoms with E-state index in [2.05, 4.69) is 59.6 Å².